The van der Waals surface area contributed by atoms with Crippen molar-refractivity contribution in [3.05, 3.63) is 22.7 Å². The fraction of sp³-hybridized carbons (Fsp3) is 0.500. The molecule has 0 saturated heterocycles. The summed E-state index contributed by atoms with van der Waals surface area (Å²) in [5.41, 5.74) is 0.270. The van der Waals surface area contributed by atoms with E-state index in [4.69, 9.17) is 21.1 Å². The molecule has 23 heavy (non-hydrogen) atoms. The summed E-state index contributed by atoms with van der Waals surface area (Å²) in [7, 11) is 2.72. The van der Waals surface area contributed by atoms with Crippen LogP contribution in [0.3, 0.4) is 0 Å². The number of rotatable bonds is 8. The molecule has 0 heterocycles. The Morgan fingerprint density at radius 1 is 1.26 bits per heavy atom. The Balaban J connectivity index is 2.86. The molecule has 0 aromatic heterocycles. The number of nitrogens with one attached hydrogen (secondary N) is 1. The van der Waals surface area contributed by atoms with Gasteiger partial charge in [-0.05, 0) is 24.5 Å². The molecule has 0 spiro atoms. The van der Waals surface area contributed by atoms with Crippen molar-refractivity contribution in [1.29, 1.82) is 0 Å². The summed E-state index contributed by atoms with van der Waals surface area (Å²) in [6.45, 7) is 4.47. The standard InChI is InChI=1S/C16H22ClNO5/c1-10(2)5-6-23-15-12(17)7-11(8-13(15)21-3)16(20)18-9-14(19)22-4/h7-8,10H,5-6,9H2,1-4H3,(H,18,20). The largest absolute Gasteiger partial charge is 0.493 e. The topological polar surface area (TPSA) is 73.9 Å². The maximum absolute atomic E-state index is 12.0. The summed E-state index contributed by atoms with van der Waals surface area (Å²) in [4.78, 5) is 23.1. The molecule has 0 aliphatic rings. The molecule has 0 atom stereocenters. The summed E-state index contributed by atoms with van der Waals surface area (Å²) in [5.74, 6) is 0.279. The second kappa shape index (κ2) is 9.25. The normalized spacial score (nSPS) is 10.3. The predicted molar refractivity (Wildman–Crippen MR) is 87.3 cm³/mol. The highest BCUT2D eigenvalue weighted by Gasteiger charge is 2.16. The van der Waals surface area contributed by atoms with Gasteiger partial charge in [-0.3, -0.25) is 9.59 Å². The van der Waals surface area contributed by atoms with E-state index in [1.54, 1.807) is 0 Å². The van der Waals surface area contributed by atoms with Gasteiger partial charge in [0.15, 0.2) is 11.5 Å². The molecule has 128 valence electrons. The second-order valence-electron chi connectivity index (χ2n) is 5.28. The van der Waals surface area contributed by atoms with E-state index in [1.807, 2.05) is 0 Å². The Morgan fingerprint density at radius 3 is 2.52 bits per heavy atom. The van der Waals surface area contributed by atoms with Crippen LogP contribution >= 0.6 is 11.6 Å². The smallest absolute Gasteiger partial charge is 0.325 e. The first-order chi connectivity index (χ1) is 10.9. The van der Waals surface area contributed by atoms with Crippen LogP contribution in [0.1, 0.15) is 30.6 Å². The Bertz CT molecular complexity index is 560. The third-order valence-corrected chi connectivity index (χ3v) is 3.33. The number of hydrogen-bond acceptors (Lipinski definition) is 5. The Hall–Kier alpha value is -1.95. The number of carbonyl (C=O) groups is 2. The maximum Gasteiger partial charge on any atom is 0.325 e. The van der Waals surface area contributed by atoms with Crippen LogP contribution < -0.4 is 14.8 Å². The molecule has 1 N–H and O–H groups in total. The van der Waals surface area contributed by atoms with Crippen LogP contribution in [0.4, 0.5) is 0 Å². The summed E-state index contributed by atoms with van der Waals surface area (Å²) in [6.07, 6.45) is 0.876. The van der Waals surface area contributed by atoms with Gasteiger partial charge in [-0.1, -0.05) is 25.4 Å². The van der Waals surface area contributed by atoms with Crippen molar-refractivity contribution < 1.29 is 23.8 Å². The number of ether oxygens (including phenoxy) is 3. The number of hydrogen-bond donors (Lipinski definition) is 1. The first kappa shape index (κ1) is 19.1. The number of benzene rings is 1. The molecule has 0 radical (unpaired) electrons. The van der Waals surface area contributed by atoms with E-state index in [0.717, 1.165) is 6.42 Å². The van der Waals surface area contributed by atoms with E-state index in [0.29, 0.717) is 24.0 Å². The lowest BCUT2D eigenvalue weighted by Gasteiger charge is -2.15. The molecule has 1 amide bonds. The molecule has 0 unspecified atom stereocenters. The minimum atomic E-state index is -0.537. The molecule has 0 fully saturated rings. The number of amides is 1. The van der Waals surface area contributed by atoms with E-state index in [-0.39, 0.29) is 17.1 Å². The van der Waals surface area contributed by atoms with Crippen molar-refractivity contribution in [2.45, 2.75) is 20.3 Å². The van der Waals surface area contributed by atoms with Gasteiger partial charge >= 0.3 is 5.97 Å². The molecular formula is C16H22ClNO5. The van der Waals surface area contributed by atoms with Gasteiger partial charge in [0, 0.05) is 5.56 Å². The van der Waals surface area contributed by atoms with Crippen molar-refractivity contribution in [3.63, 3.8) is 0 Å². The van der Waals surface area contributed by atoms with Gasteiger partial charge in [0.05, 0.1) is 25.8 Å². The first-order valence-corrected chi connectivity index (χ1v) is 7.62. The lowest BCUT2D eigenvalue weighted by Crippen LogP contribution is -2.30. The van der Waals surface area contributed by atoms with Gasteiger partial charge in [-0.25, -0.2) is 0 Å². The third kappa shape index (κ3) is 5.98. The molecule has 1 rings (SSSR count). The van der Waals surface area contributed by atoms with Gasteiger partial charge < -0.3 is 19.5 Å². The Morgan fingerprint density at radius 2 is 1.96 bits per heavy atom. The molecule has 1 aromatic rings. The van der Waals surface area contributed by atoms with E-state index >= 15 is 0 Å². The quantitative estimate of drug-likeness (QED) is 0.734. The summed E-state index contributed by atoms with van der Waals surface area (Å²) in [5, 5.41) is 2.71. The van der Waals surface area contributed by atoms with Crippen LogP contribution in [0.15, 0.2) is 12.1 Å². The zero-order valence-electron chi connectivity index (χ0n) is 13.8. The van der Waals surface area contributed by atoms with Crippen LogP contribution in [-0.2, 0) is 9.53 Å². The SMILES string of the molecule is COC(=O)CNC(=O)c1cc(Cl)c(OCCC(C)C)c(OC)c1. The van der Waals surface area contributed by atoms with E-state index in [2.05, 4.69) is 23.9 Å². The maximum atomic E-state index is 12.0. The third-order valence-electron chi connectivity index (χ3n) is 3.05. The Labute approximate surface area is 141 Å². The molecular weight excluding hydrogens is 322 g/mol. The van der Waals surface area contributed by atoms with Gasteiger partial charge in [0.2, 0.25) is 0 Å². The highest BCUT2D eigenvalue weighted by molar-refractivity contribution is 6.32. The van der Waals surface area contributed by atoms with Gasteiger partial charge in [0.25, 0.3) is 5.91 Å². The average Bonchev–Trinajstić information content (AvgIpc) is 2.52. The minimum Gasteiger partial charge on any atom is -0.493 e. The zero-order chi connectivity index (χ0) is 17.4. The average molecular weight is 344 g/mol. The van der Waals surface area contributed by atoms with Crippen molar-refractivity contribution in [2.24, 2.45) is 5.92 Å². The first-order valence-electron chi connectivity index (χ1n) is 7.24. The van der Waals surface area contributed by atoms with Crippen LogP contribution in [0.25, 0.3) is 0 Å². The molecule has 7 heteroatoms. The molecule has 0 aliphatic heterocycles. The summed E-state index contributed by atoms with van der Waals surface area (Å²) < 4.78 is 15.4. The zero-order valence-corrected chi connectivity index (χ0v) is 14.5. The lowest BCUT2D eigenvalue weighted by atomic mass is 10.1. The summed E-state index contributed by atoms with van der Waals surface area (Å²) >= 11 is 6.19. The van der Waals surface area contributed by atoms with Gasteiger partial charge in [-0.2, -0.15) is 0 Å². The van der Waals surface area contributed by atoms with Crippen molar-refractivity contribution in [3.8, 4) is 11.5 Å². The number of methoxy groups -OCH3 is 2. The fourth-order valence-electron chi connectivity index (χ4n) is 1.71. The lowest BCUT2D eigenvalue weighted by molar-refractivity contribution is -0.139. The van der Waals surface area contributed by atoms with E-state index < -0.39 is 11.9 Å². The number of carbonyl (C=O) groups excluding carboxylic acids is 2. The number of esters is 1. The van der Waals surface area contributed by atoms with E-state index in [9.17, 15) is 9.59 Å². The van der Waals surface area contributed by atoms with Crippen molar-refractivity contribution in [2.75, 3.05) is 27.4 Å². The van der Waals surface area contributed by atoms with Crippen LogP contribution in [-0.4, -0.2) is 39.2 Å². The monoisotopic (exact) mass is 343 g/mol. The fourth-order valence-corrected chi connectivity index (χ4v) is 1.98. The highest BCUT2D eigenvalue weighted by atomic mass is 35.5. The van der Waals surface area contributed by atoms with Gasteiger partial charge in [0.1, 0.15) is 6.54 Å². The minimum absolute atomic E-state index is 0.220. The second-order valence-corrected chi connectivity index (χ2v) is 5.69. The molecule has 0 saturated carbocycles. The molecule has 0 bridgehead atoms. The molecule has 6 nitrogen and oxygen atoms in total. The number of halogens is 1. The molecule has 0 aliphatic carbocycles. The highest BCUT2D eigenvalue weighted by Crippen LogP contribution is 2.36. The van der Waals surface area contributed by atoms with Crippen LogP contribution in [0.5, 0.6) is 11.5 Å². The van der Waals surface area contributed by atoms with Gasteiger partial charge in [-0.15, -0.1) is 0 Å². The Kier molecular flexibility index (Phi) is 7.68. The molecule has 1 aromatic carbocycles. The summed E-state index contributed by atoms with van der Waals surface area (Å²) in [6, 6.07) is 2.99. The van der Waals surface area contributed by atoms with Crippen LogP contribution in [0.2, 0.25) is 5.02 Å². The van der Waals surface area contributed by atoms with E-state index in [1.165, 1.54) is 26.4 Å². The van der Waals surface area contributed by atoms with Crippen molar-refractivity contribution in [1.82, 2.24) is 5.32 Å². The predicted octanol–water partition coefficient (Wildman–Crippen LogP) is 2.68. The van der Waals surface area contributed by atoms with Crippen molar-refractivity contribution >= 4 is 23.5 Å². The van der Waals surface area contributed by atoms with Crippen LogP contribution in [0, 0.1) is 5.92 Å².